The molecule has 288 valence electrons. The van der Waals surface area contributed by atoms with Crippen LogP contribution in [0.1, 0.15) is 144 Å². The summed E-state index contributed by atoms with van der Waals surface area (Å²) >= 11 is 0. The van der Waals surface area contributed by atoms with E-state index in [9.17, 15) is 35.9 Å². The van der Waals surface area contributed by atoms with Crippen LogP contribution in [0.25, 0.3) is 0 Å². The lowest BCUT2D eigenvalue weighted by Crippen LogP contribution is -2.47. The molecule has 0 saturated heterocycles. The molecule has 0 radical (unpaired) electrons. The number of benzene rings is 2. The van der Waals surface area contributed by atoms with Crippen molar-refractivity contribution in [3.63, 3.8) is 0 Å². The fourth-order valence-corrected chi connectivity index (χ4v) is 10.3. The van der Waals surface area contributed by atoms with E-state index in [-0.39, 0.29) is 46.4 Å². The molecule has 8 nitrogen and oxygen atoms in total. The smallest absolute Gasteiger partial charge is 0.282 e. The van der Waals surface area contributed by atoms with Gasteiger partial charge in [-0.1, -0.05) is 38.8 Å². The molecule has 2 heterocycles. The van der Waals surface area contributed by atoms with Crippen LogP contribution in [0.2, 0.25) is 0 Å². The maximum Gasteiger partial charge on any atom is 0.282 e. The Balaban J connectivity index is 0.000000167. The zero-order valence-electron chi connectivity index (χ0n) is 30.6. The molecule has 4 bridgehead atoms. The molecule has 4 aliphatic carbocycles. The maximum absolute atomic E-state index is 14.0. The zero-order valence-corrected chi connectivity index (χ0v) is 30.6. The van der Waals surface area contributed by atoms with E-state index in [1.54, 1.807) is 12.1 Å². The van der Waals surface area contributed by atoms with Crippen LogP contribution in [-0.2, 0) is 25.2 Å². The number of hydrogen-bond acceptors (Lipinski definition) is 4. The first-order valence-electron chi connectivity index (χ1n) is 18.6. The van der Waals surface area contributed by atoms with Crippen LogP contribution in [0.3, 0.4) is 0 Å². The topological polar surface area (TPSA) is 93.8 Å². The number of amides is 2. The first-order valence-corrected chi connectivity index (χ1v) is 18.6. The van der Waals surface area contributed by atoms with Crippen molar-refractivity contribution in [2.24, 2.45) is 25.9 Å². The van der Waals surface area contributed by atoms with Gasteiger partial charge in [0.05, 0.1) is 22.2 Å². The molecule has 6 unspecified atom stereocenters. The quantitative estimate of drug-likeness (QED) is 0.158. The minimum Gasteiger partial charge on any atom is -0.342 e. The molecule has 0 aliphatic heterocycles. The summed E-state index contributed by atoms with van der Waals surface area (Å²) in [4.78, 5) is 25.9. The Hall–Kier alpha value is -4.62. The van der Waals surface area contributed by atoms with Crippen molar-refractivity contribution in [2.45, 2.75) is 101 Å². The molecular formula is C40H44F6N6O2. The van der Waals surface area contributed by atoms with Crippen molar-refractivity contribution < 1.29 is 35.9 Å². The second kappa shape index (κ2) is 14.2. The third-order valence-electron chi connectivity index (χ3n) is 12.2. The summed E-state index contributed by atoms with van der Waals surface area (Å²) in [6, 6.07) is 9.50. The van der Waals surface area contributed by atoms with E-state index in [1.165, 1.54) is 60.1 Å². The van der Waals surface area contributed by atoms with E-state index >= 15 is 0 Å². The molecule has 2 amide bonds. The highest BCUT2D eigenvalue weighted by Gasteiger charge is 2.58. The van der Waals surface area contributed by atoms with E-state index in [1.807, 2.05) is 0 Å². The zero-order chi connectivity index (χ0) is 38.7. The summed E-state index contributed by atoms with van der Waals surface area (Å²) in [5.41, 5.74) is 1.05. The molecule has 2 aromatic carbocycles. The molecule has 2 fully saturated rings. The van der Waals surface area contributed by atoms with Crippen molar-refractivity contribution in [2.75, 3.05) is 0 Å². The minimum absolute atomic E-state index is 0.120. The van der Waals surface area contributed by atoms with Crippen LogP contribution in [0, 0.1) is 23.5 Å². The number of carbonyl (C=O) groups is 2. The van der Waals surface area contributed by atoms with Crippen molar-refractivity contribution in [1.29, 1.82) is 0 Å². The number of aromatic nitrogens is 4. The number of aryl methyl sites for hydroxylation is 2. The molecular weight excluding hydrogens is 710 g/mol. The molecule has 4 aromatic rings. The molecule has 2 aromatic heterocycles. The highest BCUT2D eigenvalue weighted by atomic mass is 19.3. The van der Waals surface area contributed by atoms with Crippen LogP contribution >= 0.6 is 0 Å². The third-order valence-corrected chi connectivity index (χ3v) is 12.2. The second-order valence-electron chi connectivity index (χ2n) is 15.2. The summed E-state index contributed by atoms with van der Waals surface area (Å²) < 4.78 is 83.5. The lowest BCUT2D eigenvalue weighted by atomic mass is 9.82. The Bertz CT molecular complexity index is 1930. The number of alkyl halides is 4. The number of carbonyl (C=O) groups excluding carboxylic acids is 2. The predicted octanol–water partition coefficient (Wildman–Crippen LogP) is 8.86. The third kappa shape index (κ3) is 6.09. The second-order valence-corrected chi connectivity index (χ2v) is 15.2. The van der Waals surface area contributed by atoms with Crippen LogP contribution in [-0.4, -0.2) is 31.4 Å². The number of nitrogens with zero attached hydrogens (tertiary/aromatic N) is 4. The standard InChI is InChI=1S/2C20H22F3N3O/c2*1-3-4-15-13-7-8-20(15,16-9-11(21)5-6-12(13)16)24-19(27)14-10-26(2)25-17(14)18(22)23/h2*5-6,9-10,13,15,18H,3-4,7-8H2,1-2H3,(H,24,27). The number of rotatable bonds is 10. The van der Waals surface area contributed by atoms with Gasteiger partial charge in [-0.3, -0.25) is 19.0 Å². The Labute approximate surface area is 309 Å². The van der Waals surface area contributed by atoms with Gasteiger partial charge in [0.15, 0.2) is 0 Å². The lowest BCUT2D eigenvalue weighted by molar-refractivity contribution is 0.0849. The van der Waals surface area contributed by atoms with Crippen molar-refractivity contribution >= 4 is 11.8 Å². The molecule has 54 heavy (non-hydrogen) atoms. The van der Waals surface area contributed by atoms with Crippen LogP contribution in [0.4, 0.5) is 26.3 Å². The summed E-state index contributed by atoms with van der Waals surface area (Å²) in [5.74, 6) is -1.01. The Morgan fingerprint density at radius 1 is 0.722 bits per heavy atom. The van der Waals surface area contributed by atoms with Gasteiger partial charge in [-0.2, -0.15) is 10.2 Å². The largest absolute Gasteiger partial charge is 0.342 e. The molecule has 0 spiro atoms. The van der Waals surface area contributed by atoms with E-state index < -0.39 is 47.1 Å². The molecule has 6 atom stereocenters. The van der Waals surface area contributed by atoms with Crippen LogP contribution < -0.4 is 10.6 Å². The first-order chi connectivity index (χ1) is 25.7. The molecule has 14 heteroatoms. The summed E-state index contributed by atoms with van der Waals surface area (Å²) in [7, 11) is 3.01. The fourth-order valence-electron chi connectivity index (χ4n) is 10.3. The van der Waals surface area contributed by atoms with Crippen LogP contribution in [0.15, 0.2) is 48.8 Å². The monoisotopic (exact) mass is 754 g/mol. The highest BCUT2D eigenvalue weighted by Crippen LogP contribution is 2.62. The average molecular weight is 755 g/mol. The lowest BCUT2D eigenvalue weighted by Gasteiger charge is -2.34. The fraction of sp³-hybridized carbons (Fsp3) is 0.500. The molecule has 4 aliphatic rings. The normalized spacial score (nSPS) is 25.9. The number of halogens is 6. The van der Waals surface area contributed by atoms with Gasteiger partial charge in [0.2, 0.25) is 0 Å². The summed E-state index contributed by atoms with van der Waals surface area (Å²) in [6.45, 7) is 4.16. The van der Waals surface area contributed by atoms with Gasteiger partial charge in [0, 0.05) is 26.5 Å². The molecule has 2 saturated carbocycles. The summed E-state index contributed by atoms with van der Waals surface area (Å²) in [6.07, 6.45) is 3.79. The van der Waals surface area contributed by atoms with E-state index in [4.69, 9.17) is 0 Å². The highest BCUT2D eigenvalue weighted by molar-refractivity contribution is 5.96. The van der Waals surface area contributed by atoms with Gasteiger partial charge >= 0.3 is 0 Å². The Morgan fingerprint density at radius 2 is 1.11 bits per heavy atom. The minimum atomic E-state index is -2.83. The molecule has 8 rings (SSSR count). The van der Waals surface area contributed by atoms with Gasteiger partial charge in [-0.15, -0.1) is 0 Å². The van der Waals surface area contributed by atoms with Gasteiger partial charge in [-0.05, 0) is 109 Å². The summed E-state index contributed by atoms with van der Waals surface area (Å²) in [5, 5.41) is 13.5. The van der Waals surface area contributed by atoms with Gasteiger partial charge in [0.25, 0.3) is 24.7 Å². The molecule has 2 N–H and O–H groups in total. The van der Waals surface area contributed by atoms with Crippen molar-refractivity contribution in [3.8, 4) is 0 Å². The average Bonchev–Trinajstić information content (AvgIpc) is 3.96. The number of hydrogen-bond donors (Lipinski definition) is 2. The maximum atomic E-state index is 14.0. The van der Waals surface area contributed by atoms with Gasteiger partial charge in [0.1, 0.15) is 23.0 Å². The van der Waals surface area contributed by atoms with Crippen LogP contribution in [0.5, 0.6) is 0 Å². The Kier molecular flexibility index (Phi) is 9.93. The van der Waals surface area contributed by atoms with Gasteiger partial charge in [-0.25, -0.2) is 26.3 Å². The van der Waals surface area contributed by atoms with E-state index in [0.717, 1.165) is 60.8 Å². The van der Waals surface area contributed by atoms with Crippen molar-refractivity contribution in [1.82, 2.24) is 30.2 Å². The van der Waals surface area contributed by atoms with Gasteiger partial charge < -0.3 is 10.6 Å². The predicted molar refractivity (Wildman–Crippen MR) is 188 cm³/mol. The number of fused-ring (bicyclic) bond motifs is 10. The Morgan fingerprint density at radius 3 is 1.46 bits per heavy atom. The first kappa shape index (κ1) is 37.7. The van der Waals surface area contributed by atoms with Crippen molar-refractivity contribution in [3.05, 3.63) is 105 Å². The number of nitrogens with one attached hydrogen (secondary N) is 2. The van der Waals surface area contributed by atoms with E-state index in [2.05, 4.69) is 34.7 Å². The SMILES string of the molecule is CCCC1C2CCC1(NC(=O)c1cn(C)nc1C(F)F)c1cc(F)ccc12.CCCC1C2CCC1(NC(=O)c1cn(C)nc1C(F)F)c1cc(F)ccc12. The van der Waals surface area contributed by atoms with E-state index in [0.29, 0.717) is 12.8 Å².